The summed E-state index contributed by atoms with van der Waals surface area (Å²) in [5.41, 5.74) is 0. The molecule has 0 aliphatic carbocycles. The van der Waals surface area contributed by atoms with Crippen LogP contribution in [0.25, 0.3) is 0 Å². The first kappa shape index (κ1) is 9.32. The van der Waals surface area contributed by atoms with Crippen LogP contribution in [0.1, 0.15) is 19.8 Å². The number of hydrogen-bond acceptors (Lipinski definition) is 2. The predicted molar refractivity (Wildman–Crippen MR) is 46.3 cm³/mol. The molecule has 1 fully saturated rings. The molecule has 1 amide bonds. The maximum absolute atomic E-state index is 10.5. The molecule has 0 atom stereocenters. The first-order chi connectivity index (χ1) is 5.74. The second kappa shape index (κ2) is 4.30. The zero-order valence-electron chi connectivity index (χ0n) is 7.42. The molecule has 0 spiro atoms. The van der Waals surface area contributed by atoms with E-state index in [9.17, 15) is 4.79 Å². The summed E-state index contributed by atoms with van der Waals surface area (Å²) in [6.07, 6.45) is 1.10. The molecule has 0 aromatic heterocycles. The zero-order valence-corrected chi connectivity index (χ0v) is 7.42. The van der Waals surface area contributed by atoms with Gasteiger partial charge in [0.2, 0.25) is 0 Å². The lowest BCUT2D eigenvalue weighted by atomic mass is 10.1. The minimum Gasteiger partial charge on any atom is -0.465 e. The summed E-state index contributed by atoms with van der Waals surface area (Å²) >= 11 is 0. The lowest BCUT2D eigenvalue weighted by molar-refractivity contribution is 0.129. The molecule has 0 unspecified atom stereocenters. The lowest BCUT2D eigenvalue weighted by Crippen LogP contribution is -2.44. The van der Waals surface area contributed by atoms with Gasteiger partial charge in [0, 0.05) is 19.1 Å². The van der Waals surface area contributed by atoms with Crippen LogP contribution in [0.5, 0.6) is 0 Å². The number of rotatable bonds is 2. The number of likely N-dealkylation sites (tertiary alicyclic amines) is 1. The Morgan fingerprint density at radius 3 is 2.58 bits per heavy atom. The van der Waals surface area contributed by atoms with Gasteiger partial charge in [0.15, 0.2) is 0 Å². The van der Waals surface area contributed by atoms with Crippen LogP contribution in [-0.2, 0) is 0 Å². The van der Waals surface area contributed by atoms with Crippen LogP contribution in [0.15, 0.2) is 0 Å². The maximum Gasteiger partial charge on any atom is 0.407 e. The van der Waals surface area contributed by atoms with Crippen LogP contribution in [0.4, 0.5) is 4.79 Å². The van der Waals surface area contributed by atoms with Crippen LogP contribution in [0.3, 0.4) is 0 Å². The molecule has 1 saturated heterocycles. The van der Waals surface area contributed by atoms with Crippen molar-refractivity contribution in [3.8, 4) is 0 Å². The van der Waals surface area contributed by atoms with Crippen LogP contribution in [0.2, 0.25) is 0 Å². The normalized spacial score (nSPS) is 19.6. The monoisotopic (exact) mass is 172 g/mol. The number of hydrogen-bond donors (Lipinski definition) is 2. The van der Waals surface area contributed by atoms with Crippen molar-refractivity contribution in [3.63, 3.8) is 0 Å². The van der Waals surface area contributed by atoms with E-state index in [-0.39, 0.29) is 0 Å². The number of carbonyl (C=O) groups is 1. The Morgan fingerprint density at radius 1 is 1.58 bits per heavy atom. The maximum atomic E-state index is 10.5. The minimum absolute atomic E-state index is 0.519. The van der Waals surface area contributed by atoms with Crippen molar-refractivity contribution in [1.82, 2.24) is 10.2 Å². The molecule has 1 aliphatic rings. The smallest absolute Gasteiger partial charge is 0.407 e. The molecule has 1 heterocycles. The summed E-state index contributed by atoms with van der Waals surface area (Å²) in [6.45, 7) is 4.39. The Morgan fingerprint density at radius 2 is 2.17 bits per heavy atom. The summed E-state index contributed by atoms with van der Waals surface area (Å²) in [6, 6.07) is 0.519. The molecule has 0 radical (unpaired) electrons. The van der Waals surface area contributed by atoms with Crippen LogP contribution < -0.4 is 5.32 Å². The van der Waals surface area contributed by atoms with Gasteiger partial charge in [-0.3, -0.25) is 0 Å². The van der Waals surface area contributed by atoms with Crippen molar-refractivity contribution in [2.24, 2.45) is 0 Å². The fourth-order valence-corrected chi connectivity index (χ4v) is 1.56. The van der Waals surface area contributed by atoms with Gasteiger partial charge in [-0.2, -0.15) is 0 Å². The first-order valence-electron chi connectivity index (χ1n) is 4.45. The SMILES string of the molecule is CCNC1CCN(C(=O)O)CC1. The zero-order chi connectivity index (χ0) is 8.97. The summed E-state index contributed by atoms with van der Waals surface area (Å²) in [5.74, 6) is 0. The Hall–Kier alpha value is -0.770. The third kappa shape index (κ3) is 2.37. The van der Waals surface area contributed by atoms with Crippen LogP contribution >= 0.6 is 0 Å². The van der Waals surface area contributed by atoms with Gasteiger partial charge in [-0.15, -0.1) is 0 Å². The third-order valence-corrected chi connectivity index (χ3v) is 2.26. The molecule has 0 saturated carbocycles. The van der Waals surface area contributed by atoms with Gasteiger partial charge in [0.1, 0.15) is 0 Å². The molecule has 12 heavy (non-hydrogen) atoms. The molecule has 0 aromatic carbocycles. The average Bonchev–Trinajstić information content (AvgIpc) is 2.06. The Labute approximate surface area is 72.6 Å². The summed E-state index contributed by atoms with van der Waals surface area (Å²) < 4.78 is 0. The van der Waals surface area contributed by atoms with Gasteiger partial charge in [0.05, 0.1) is 0 Å². The number of piperidine rings is 1. The van der Waals surface area contributed by atoms with Crippen molar-refractivity contribution in [1.29, 1.82) is 0 Å². The fraction of sp³-hybridized carbons (Fsp3) is 0.875. The Balaban J connectivity index is 2.25. The first-order valence-corrected chi connectivity index (χ1v) is 4.45. The highest BCUT2D eigenvalue weighted by atomic mass is 16.4. The molecule has 1 aliphatic heterocycles. The molecule has 4 nitrogen and oxygen atoms in total. The van der Waals surface area contributed by atoms with Gasteiger partial charge in [-0.25, -0.2) is 4.79 Å². The molecular weight excluding hydrogens is 156 g/mol. The molecule has 2 N–H and O–H groups in total. The molecule has 0 bridgehead atoms. The molecular formula is C8H16N2O2. The predicted octanol–water partition coefficient (Wildman–Crippen LogP) is 0.738. The average molecular weight is 172 g/mol. The number of nitrogens with zero attached hydrogens (tertiary/aromatic N) is 1. The topological polar surface area (TPSA) is 52.6 Å². The van der Waals surface area contributed by atoms with Gasteiger partial charge in [-0.05, 0) is 19.4 Å². The second-order valence-electron chi connectivity index (χ2n) is 3.10. The fourth-order valence-electron chi connectivity index (χ4n) is 1.56. The standard InChI is InChI=1S/C8H16N2O2/c1-2-9-7-3-5-10(6-4-7)8(11)12/h7,9H,2-6H2,1H3,(H,11,12). The largest absolute Gasteiger partial charge is 0.465 e. The molecule has 4 heteroatoms. The Kier molecular flexibility index (Phi) is 3.34. The quantitative estimate of drug-likeness (QED) is 0.646. The van der Waals surface area contributed by atoms with Gasteiger partial charge < -0.3 is 15.3 Å². The van der Waals surface area contributed by atoms with Crippen molar-refractivity contribution >= 4 is 6.09 Å². The van der Waals surface area contributed by atoms with Crippen molar-refractivity contribution < 1.29 is 9.90 Å². The minimum atomic E-state index is -0.787. The van der Waals surface area contributed by atoms with Crippen molar-refractivity contribution in [2.45, 2.75) is 25.8 Å². The highest BCUT2D eigenvalue weighted by Gasteiger charge is 2.20. The third-order valence-electron chi connectivity index (χ3n) is 2.26. The molecule has 1 rings (SSSR count). The van der Waals surface area contributed by atoms with E-state index in [2.05, 4.69) is 12.2 Å². The van der Waals surface area contributed by atoms with E-state index in [1.54, 1.807) is 0 Å². The second-order valence-corrected chi connectivity index (χ2v) is 3.10. The van der Waals surface area contributed by atoms with E-state index in [1.807, 2.05) is 0 Å². The highest BCUT2D eigenvalue weighted by molar-refractivity contribution is 5.65. The number of nitrogens with one attached hydrogen (secondary N) is 1. The van der Waals surface area contributed by atoms with Crippen molar-refractivity contribution in [2.75, 3.05) is 19.6 Å². The van der Waals surface area contributed by atoms with Crippen molar-refractivity contribution in [3.05, 3.63) is 0 Å². The van der Waals surface area contributed by atoms with E-state index in [0.29, 0.717) is 19.1 Å². The number of carboxylic acid groups (broad SMARTS) is 1. The Bertz CT molecular complexity index is 153. The van der Waals surface area contributed by atoms with E-state index in [0.717, 1.165) is 19.4 Å². The van der Waals surface area contributed by atoms with E-state index in [4.69, 9.17) is 5.11 Å². The summed E-state index contributed by atoms with van der Waals surface area (Å²) in [7, 11) is 0. The van der Waals surface area contributed by atoms with E-state index >= 15 is 0 Å². The summed E-state index contributed by atoms with van der Waals surface area (Å²) in [5, 5.41) is 12.0. The van der Waals surface area contributed by atoms with Gasteiger partial charge >= 0.3 is 6.09 Å². The number of amides is 1. The highest BCUT2D eigenvalue weighted by Crippen LogP contribution is 2.09. The van der Waals surface area contributed by atoms with Crippen LogP contribution in [-0.4, -0.2) is 41.8 Å². The van der Waals surface area contributed by atoms with Gasteiger partial charge in [0.25, 0.3) is 0 Å². The lowest BCUT2D eigenvalue weighted by Gasteiger charge is -2.30. The van der Waals surface area contributed by atoms with E-state index < -0.39 is 6.09 Å². The van der Waals surface area contributed by atoms with Crippen LogP contribution in [0, 0.1) is 0 Å². The molecule has 0 aromatic rings. The van der Waals surface area contributed by atoms with Gasteiger partial charge in [-0.1, -0.05) is 6.92 Å². The van der Waals surface area contributed by atoms with E-state index in [1.165, 1.54) is 4.90 Å². The molecule has 70 valence electrons. The summed E-state index contributed by atoms with van der Waals surface area (Å²) in [4.78, 5) is 12.0.